The summed E-state index contributed by atoms with van der Waals surface area (Å²) in [7, 11) is 0. The van der Waals surface area contributed by atoms with Crippen LogP contribution in [0.5, 0.6) is 5.75 Å². The normalized spacial score (nSPS) is 11.9. The van der Waals surface area contributed by atoms with Gasteiger partial charge in [0, 0.05) is 12.4 Å². The molecule has 0 radical (unpaired) electrons. The van der Waals surface area contributed by atoms with Gasteiger partial charge in [-0.2, -0.15) is 0 Å². The minimum atomic E-state index is -0.319. The van der Waals surface area contributed by atoms with Crippen molar-refractivity contribution in [1.82, 2.24) is 9.55 Å². The van der Waals surface area contributed by atoms with E-state index in [9.17, 15) is 4.79 Å². The molecular formula is C22H25N3O2S. The fourth-order valence-electron chi connectivity index (χ4n) is 2.85. The Morgan fingerprint density at radius 3 is 2.79 bits per heavy atom. The molecule has 0 aliphatic heterocycles. The number of carbonyl (C=O) groups is 1. The van der Waals surface area contributed by atoms with Gasteiger partial charge >= 0.3 is 0 Å². The first-order valence-corrected chi connectivity index (χ1v) is 10.2. The Morgan fingerprint density at radius 2 is 2.00 bits per heavy atom. The van der Waals surface area contributed by atoms with E-state index in [1.165, 1.54) is 22.9 Å². The van der Waals surface area contributed by atoms with Crippen LogP contribution in [0, 0.1) is 13.8 Å². The molecule has 3 rings (SSSR count). The molecule has 0 saturated carbocycles. The molecule has 0 saturated heterocycles. The van der Waals surface area contributed by atoms with Crippen LogP contribution in [-0.4, -0.2) is 27.3 Å². The van der Waals surface area contributed by atoms with Crippen molar-refractivity contribution < 1.29 is 9.53 Å². The summed E-state index contributed by atoms with van der Waals surface area (Å²) < 4.78 is 7.62. The minimum Gasteiger partial charge on any atom is -0.492 e. The number of thioether (sulfide) groups is 1. The van der Waals surface area contributed by atoms with E-state index in [4.69, 9.17) is 4.74 Å². The van der Waals surface area contributed by atoms with Gasteiger partial charge < -0.3 is 10.1 Å². The summed E-state index contributed by atoms with van der Waals surface area (Å²) in [4.78, 5) is 17.2. The Morgan fingerprint density at radius 1 is 1.21 bits per heavy atom. The number of anilines is 1. The maximum Gasteiger partial charge on any atom is 0.237 e. The van der Waals surface area contributed by atoms with Gasteiger partial charge in [0.2, 0.25) is 5.91 Å². The third kappa shape index (κ3) is 4.39. The Hall–Kier alpha value is -2.73. The number of nitrogens with zero attached hydrogens (tertiary/aromatic N) is 2. The highest BCUT2D eigenvalue weighted by atomic mass is 32.2. The van der Waals surface area contributed by atoms with E-state index in [0.29, 0.717) is 18.0 Å². The summed E-state index contributed by atoms with van der Waals surface area (Å²) >= 11 is 1.43. The predicted molar refractivity (Wildman–Crippen MR) is 115 cm³/mol. The number of benzene rings is 2. The predicted octanol–water partition coefficient (Wildman–Crippen LogP) is 5.01. The van der Waals surface area contributed by atoms with Crippen LogP contribution in [0.25, 0.3) is 5.69 Å². The van der Waals surface area contributed by atoms with Crippen molar-refractivity contribution in [3.05, 3.63) is 66.0 Å². The van der Waals surface area contributed by atoms with E-state index < -0.39 is 0 Å². The monoisotopic (exact) mass is 395 g/mol. The fraction of sp³-hybridized carbons (Fsp3) is 0.273. The average molecular weight is 396 g/mol. The van der Waals surface area contributed by atoms with Gasteiger partial charge in [-0.3, -0.25) is 9.36 Å². The Bertz CT molecular complexity index is 968. The highest BCUT2D eigenvalue weighted by Gasteiger charge is 2.19. The number of aryl methyl sites for hydroxylation is 1. The molecule has 2 aromatic carbocycles. The maximum atomic E-state index is 12.7. The molecule has 1 amide bonds. The SMILES string of the molecule is CCOc1ccccc1NC(=O)C(C)Sc1nccn1-c1cccc(C)c1C. The number of para-hydroxylation sites is 2. The quantitative estimate of drug-likeness (QED) is 0.572. The lowest BCUT2D eigenvalue weighted by atomic mass is 10.1. The van der Waals surface area contributed by atoms with Crippen molar-refractivity contribution in [3.63, 3.8) is 0 Å². The van der Waals surface area contributed by atoms with Crippen molar-refractivity contribution in [2.24, 2.45) is 0 Å². The van der Waals surface area contributed by atoms with Gasteiger partial charge in [-0.1, -0.05) is 36.0 Å². The van der Waals surface area contributed by atoms with Crippen molar-refractivity contribution in [1.29, 1.82) is 0 Å². The van der Waals surface area contributed by atoms with Crippen LogP contribution in [0.15, 0.2) is 60.0 Å². The van der Waals surface area contributed by atoms with Gasteiger partial charge in [0.05, 0.1) is 23.2 Å². The van der Waals surface area contributed by atoms with Gasteiger partial charge in [0.25, 0.3) is 0 Å². The summed E-state index contributed by atoms with van der Waals surface area (Å²) in [5.41, 5.74) is 4.18. The number of hydrogen-bond acceptors (Lipinski definition) is 4. The van der Waals surface area contributed by atoms with E-state index in [1.807, 2.05) is 54.9 Å². The second kappa shape index (κ2) is 8.97. The first kappa shape index (κ1) is 20.0. The van der Waals surface area contributed by atoms with Crippen LogP contribution in [0.1, 0.15) is 25.0 Å². The van der Waals surface area contributed by atoms with Crippen LogP contribution < -0.4 is 10.1 Å². The molecule has 1 aromatic heterocycles. The van der Waals surface area contributed by atoms with Crippen molar-refractivity contribution in [2.45, 2.75) is 38.1 Å². The third-order valence-corrected chi connectivity index (χ3v) is 5.62. The fourth-order valence-corrected chi connectivity index (χ4v) is 3.73. The number of imidazole rings is 1. The van der Waals surface area contributed by atoms with Crippen LogP contribution >= 0.6 is 11.8 Å². The Kier molecular flexibility index (Phi) is 6.41. The van der Waals surface area contributed by atoms with E-state index in [0.717, 1.165) is 10.8 Å². The molecule has 1 atom stereocenters. The van der Waals surface area contributed by atoms with Crippen molar-refractivity contribution >= 4 is 23.4 Å². The average Bonchev–Trinajstić information content (AvgIpc) is 3.13. The number of aromatic nitrogens is 2. The molecule has 0 bridgehead atoms. The number of carbonyl (C=O) groups excluding carboxylic acids is 1. The van der Waals surface area contributed by atoms with Gasteiger partial charge in [-0.25, -0.2) is 4.98 Å². The molecular weight excluding hydrogens is 370 g/mol. The molecule has 3 aromatic rings. The van der Waals surface area contributed by atoms with E-state index in [1.54, 1.807) is 6.20 Å². The highest BCUT2D eigenvalue weighted by molar-refractivity contribution is 8.00. The number of nitrogens with one attached hydrogen (secondary N) is 1. The summed E-state index contributed by atoms with van der Waals surface area (Å²) in [6, 6.07) is 13.7. The third-order valence-electron chi connectivity index (χ3n) is 4.54. The molecule has 0 spiro atoms. The zero-order valence-electron chi connectivity index (χ0n) is 16.6. The molecule has 1 unspecified atom stereocenters. The number of ether oxygens (including phenoxy) is 1. The van der Waals surface area contributed by atoms with Crippen LogP contribution in [-0.2, 0) is 4.79 Å². The van der Waals surface area contributed by atoms with E-state index in [-0.39, 0.29) is 11.2 Å². The van der Waals surface area contributed by atoms with E-state index in [2.05, 4.69) is 36.3 Å². The van der Waals surface area contributed by atoms with Gasteiger partial charge in [0.1, 0.15) is 5.75 Å². The molecule has 0 aliphatic carbocycles. The maximum absolute atomic E-state index is 12.7. The van der Waals surface area contributed by atoms with Gasteiger partial charge in [-0.15, -0.1) is 0 Å². The van der Waals surface area contributed by atoms with Gasteiger partial charge in [0.15, 0.2) is 5.16 Å². The molecule has 146 valence electrons. The summed E-state index contributed by atoms with van der Waals surface area (Å²) in [6.07, 6.45) is 3.69. The topological polar surface area (TPSA) is 56.1 Å². The smallest absolute Gasteiger partial charge is 0.237 e. The second-order valence-corrected chi connectivity index (χ2v) is 7.79. The first-order chi connectivity index (χ1) is 13.5. The second-order valence-electron chi connectivity index (χ2n) is 6.48. The summed E-state index contributed by atoms with van der Waals surface area (Å²) in [5.74, 6) is 0.583. The summed E-state index contributed by atoms with van der Waals surface area (Å²) in [6.45, 7) is 8.54. The zero-order valence-corrected chi connectivity index (χ0v) is 17.4. The van der Waals surface area contributed by atoms with E-state index >= 15 is 0 Å². The zero-order chi connectivity index (χ0) is 20.1. The largest absolute Gasteiger partial charge is 0.492 e. The number of rotatable bonds is 7. The molecule has 0 fully saturated rings. The van der Waals surface area contributed by atoms with Crippen LogP contribution in [0.3, 0.4) is 0 Å². The lowest BCUT2D eigenvalue weighted by Crippen LogP contribution is -2.23. The Labute approximate surface area is 170 Å². The van der Waals surface area contributed by atoms with Gasteiger partial charge in [-0.05, 0) is 57.0 Å². The molecule has 28 heavy (non-hydrogen) atoms. The number of hydrogen-bond donors (Lipinski definition) is 1. The molecule has 0 aliphatic rings. The number of amides is 1. The summed E-state index contributed by atoms with van der Waals surface area (Å²) in [5, 5.41) is 3.43. The minimum absolute atomic E-state index is 0.0901. The molecule has 1 heterocycles. The molecule has 6 heteroatoms. The van der Waals surface area contributed by atoms with Crippen molar-refractivity contribution in [2.75, 3.05) is 11.9 Å². The lowest BCUT2D eigenvalue weighted by Gasteiger charge is -2.16. The Balaban J connectivity index is 1.76. The van der Waals surface area contributed by atoms with Crippen LogP contribution in [0.2, 0.25) is 0 Å². The highest BCUT2D eigenvalue weighted by Crippen LogP contribution is 2.29. The first-order valence-electron chi connectivity index (χ1n) is 9.30. The van der Waals surface area contributed by atoms with Crippen molar-refractivity contribution in [3.8, 4) is 11.4 Å². The molecule has 1 N–H and O–H groups in total. The molecule has 5 nitrogen and oxygen atoms in total. The van der Waals surface area contributed by atoms with Crippen LogP contribution in [0.4, 0.5) is 5.69 Å². The lowest BCUT2D eigenvalue weighted by molar-refractivity contribution is -0.115. The standard InChI is InChI=1S/C22H25N3O2S/c1-5-27-20-12-7-6-10-18(20)24-21(26)17(4)28-22-23-13-14-25(22)19-11-8-9-15(2)16(19)3/h6-14,17H,5H2,1-4H3,(H,24,26).